The Kier molecular flexibility index (Phi) is 5.14. The summed E-state index contributed by atoms with van der Waals surface area (Å²) in [5.74, 6) is 1.75. The summed E-state index contributed by atoms with van der Waals surface area (Å²) in [6.07, 6.45) is 1.63. The Morgan fingerprint density at radius 3 is 3.00 bits per heavy atom. The Morgan fingerprint density at radius 1 is 1.48 bits per heavy atom. The van der Waals surface area contributed by atoms with Gasteiger partial charge in [-0.3, -0.25) is 0 Å². The molecule has 9 nitrogen and oxygen atoms in total. The van der Waals surface area contributed by atoms with Gasteiger partial charge in [0.05, 0.1) is 5.69 Å². The molecule has 0 bridgehead atoms. The van der Waals surface area contributed by atoms with Gasteiger partial charge in [-0.05, 0) is 0 Å². The van der Waals surface area contributed by atoms with Gasteiger partial charge in [-0.1, -0.05) is 0 Å². The number of hydrogen-bond donors (Lipinski definition) is 3. The zero-order valence-corrected chi connectivity index (χ0v) is 13.2. The molecular weight excluding hydrogens is 334 g/mol. The second-order valence-electron chi connectivity index (χ2n) is 3.83. The van der Waals surface area contributed by atoms with Crippen molar-refractivity contribution in [2.45, 2.75) is 12.2 Å². The number of aliphatic imine (C=N–C) groups is 1. The minimum Gasteiger partial charge on any atom is -0.370 e. The summed E-state index contributed by atoms with van der Waals surface area (Å²) in [5.41, 5.74) is 11.4. The van der Waals surface area contributed by atoms with Crippen molar-refractivity contribution in [1.82, 2.24) is 10.3 Å². The van der Waals surface area contributed by atoms with Crippen LogP contribution in [-0.2, 0) is 16.0 Å². The number of hydrogen-bond acceptors (Lipinski definition) is 7. The zero-order chi connectivity index (χ0) is 15.3. The van der Waals surface area contributed by atoms with Crippen molar-refractivity contribution in [3.05, 3.63) is 11.1 Å². The first-order chi connectivity index (χ1) is 9.94. The Hall–Kier alpha value is -1.66. The third-order valence-electron chi connectivity index (χ3n) is 2.14. The normalized spacial score (nSPS) is 16.1. The molecule has 1 aliphatic rings. The highest BCUT2D eigenvalue weighted by molar-refractivity contribution is 7.98. The Labute approximate surface area is 129 Å². The molecule has 0 amide bonds. The predicted octanol–water partition coefficient (Wildman–Crippen LogP) is -0.0539. The highest BCUT2D eigenvalue weighted by Crippen LogP contribution is 2.22. The Morgan fingerprint density at radius 2 is 2.29 bits per heavy atom. The highest BCUT2D eigenvalue weighted by atomic mass is 32.2. The molecule has 12 heteroatoms. The fourth-order valence-corrected chi connectivity index (χ4v) is 3.65. The second kappa shape index (κ2) is 6.87. The number of thioether (sulfide) groups is 1. The lowest BCUT2D eigenvalue weighted by Crippen LogP contribution is -2.27. The van der Waals surface area contributed by atoms with Crippen LogP contribution in [-0.4, -0.2) is 37.3 Å². The predicted molar refractivity (Wildman–Crippen MR) is 86.3 cm³/mol. The van der Waals surface area contributed by atoms with Gasteiger partial charge in [0.1, 0.15) is 12.2 Å². The maximum absolute atomic E-state index is 11.1. The topological polar surface area (TPSA) is 148 Å². The van der Waals surface area contributed by atoms with Crippen molar-refractivity contribution in [3.8, 4) is 0 Å². The van der Waals surface area contributed by atoms with E-state index in [1.807, 2.05) is 5.38 Å². The van der Waals surface area contributed by atoms with Gasteiger partial charge in [0, 0.05) is 23.3 Å². The molecule has 114 valence electrons. The molecule has 2 rings (SSSR count). The molecular formula is C9H13N7O2S3. The summed E-state index contributed by atoms with van der Waals surface area (Å²) in [4.78, 5) is 8.10. The van der Waals surface area contributed by atoms with E-state index in [1.165, 1.54) is 11.3 Å². The average molecular weight is 347 g/mol. The van der Waals surface area contributed by atoms with E-state index in [9.17, 15) is 8.42 Å². The van der Waals surface area contributed by atoms with Gasteiger partial charge < -0.3 is 16.8 Å². The molecule has 1 aromatic heterocycles. The van der Waals surface area contributed by atoms with E-state index in [0.717, 1.165) is 12.0 Å². The van der Waals surface area contributed by atoms with E-state index < -0.39 is 10.2 Å². The Balaban J connectivity index is 1.77. The number of aromatic nitrogens is 1. The van der Waals surface area contributed by atoms with Crippen LogP contribution in [0.15, 0.2) is 19.2 Å². The smallest absolute Gasteiger partial charge is 0.365 e. The fraction of sp³-hybridized carbons (Fsp3) is 0.333. The highest BCUT2D eigenvalue weighted by Gasteiger charge is 2.12. The van der Waals surface area contributed by atoms with Crippen LogP contribution in [0.4, 0.5) is 5.13 Å². The summed E-state index contributed by atoms with van der Waals surface area (Å²) in [5, 5.41) is 5.10. The van der Waals surface area contributed by atoms with Crippen LogP contribution in [0.25, 0.3) is 0 Å². The third-order valence-corrected chi connectivity index (χ3v) is 4.74. The number of nitrogens with one attached hydrogen (secondary N) is 1. The number of amidine groups is 1. The lowest BCUT2D eigenvalue weighted by molar-refractivity contribution is 0.599. The average Bonchev–Trinajstić information content (AvgIpc) is 2.80. The van der Waals surface area contributed by atoms with Gasteiger partial charge in [0.2, 0.25) is 5.13 Å². The van der Waals surface area contributed by atoms with Crippen LogP contribution in [0, 0.1) is 0 Å². The van der Waals surface area contributed by atoms with Crippen molar-refractivity contribution in [3.63, 3.8) is 0 Å². The van der Waals surface area contributed by atoms with Crippen molar-refractivity contribution in [2.24, 2.45) is 25.3 Å². The lowest BCUT2D eigenvalue weighted by Gasteiger charge is -2.07. The molecule has 0 saturated heterocycles. The van der Waals surface area contributed by atoms with Gasteiger partial charge >= 0.3 is 10.2 Å². The number of rotatable bonds is 6. The lowest BCUT2D eigenvalue weighted by atomic mass is 10.4. The van der Waals surface area contributed by atoms with E-state index in [4.69, 9.17) is 11.5 Å². The van der Waals surface area contributed by atoms with Crippen molar-refractivity contribution in [1.29, 1.82) is 0 Å². The summed E-state index contributed by atoms with van der Waals surface area (Å²) >= 11 is 2.96. The van der Waals surface area contributed by atoms with Crippen molar-refractivity contribution < 1.29 is 8.42 Å². The number of nitrogens with two attached hydrogens (primary N) is 2. The molecule has 5 N–H and O–H groups in total. The van der Waals surface area contributed by atoms with Gasteiger partial charge in [-0.2, -0.15) is 25.2 Å². The summed E-state index contributed by atoms with van der Waals surface area (Å²) < 4.78 is 29.0. The maximum Gasteiger partial charge on any atom is 0.365 e. The summed E-state index contributed by atoms with van der Waals surface area (Å²) in [6, 6.07) is 0. The zero-order valence-electron chi connectivity index (χ0n) is 10.8. The van der Waals surface area contributed by atoms with Crippen LogP contribution in [0.5, 0.6) is 0 Å². The van der Waals surface area contributed by atoms with Crippen LogP contribution in [0.2, 0.25) is 0 Å². The van der Waals surface area contributed by atoms with Crippen molar-refractivity contribution >= 4 is 56.6 Å². The molecule has 0 unspecified atom stereocenters. The molecule has 0 aliphatic carbocycles. The van der Waals surface area contributed by atoms with Gasteiger partial charge in [0.25, 0.3) is 0 Å². The first kappa shape index (κ1) is 15.7. The molecule has 21 heavy (non-hydrogen) atoms. The molecule has 0 spiro atoms. The minimum absolute atomic E-state index is 0.0205. The molecule has 0 fully saturated rings. The third kappa shape index (κ3) is 5.32. The van der Waals surface area contributed by atoms with Crippen LogP contribution in [0.3, 0.4) is 0 Å². The number of nitrogens with zero attached hydrogens (tertiary/aromatic N) is 4. The standard InChI is InChI=1S/C9H13N7O2S3/c10-8(11)15-9-14-6(4-20-9)3-19-2-1-7-12-5-13-21(17,18)16-7/h4-5H,1-3H2,(H,12,13,16)(H4,10,11,14,15). The van der Waals surface area contributed by atoms with Gasteiger partial charge in [-0.15, -0.1) is 20.1 Å². The Bertz CT molecular complexity index is 688. The van der Waals surface area contributed by atoms with E-state index in [-0.39, 0.29) is 5.96 Å². The van der Waals surface area contributed by atoms with E-state index >= 15 is 0 Å². The molecule has 0 saturated carbocycles. The molecule has 0 radical (unpaired) electrons. The SMILES string of the molecule is NC(N)=Nc1nc(CSCCC2=NS(=O)(=O)N=CN2)cs1. The molecule has 0 aromatic carbocycles. The second-order valence-corrected chi connectivity index (χ2v) is 7.06. The first-order valence-electron chi connectivity index (χ1n) is 5.70. The monoisotopic (exact) mass is 347 g/mol. The van der Waals surface area contributed by atoms with E-state index in [1.54, 1.807) is 11.8 Å². The van der Waals surface area contributed by atoms with Crippen LogP contribution >= 0.6 is 23.1 Å². The van der Waals surface area contributed by atoms with E-state index in [0.29, 0.717) is 28.9 Å². The molecule has 1 aromatic rings. The molecule has 1 aliphatic heterocycles. The largest absolute Gasteiger partial charge is 0.370 e. The molecule has 0 atom stereocenters. The minimum atomic E-state index is -3.69. The maximum atomic E-state index is 11.1. The number of guanidine groups is 1. The van der Waals surface area contributed by atoms with Crippen LogP contribution < -0.4 is 16.8 Å². The summed E-state index contributed by atoms with van der Waals surface area (Å²) in [6.45, 7) is 0. The van der Waals surface area contributed by atoms with E-state index in [2.05, 4.69) is 24.1 Å². The summed E-state index contributed by atoms with van der Waals surface area (Å²) in [7, 11) is -3.69. The van der Waals surface area contributed by atoms with Gasteiger partial charge in [0.15, 0.2) is 5.96 Å². The first-order valence-corrected chi connectivity index (χ1v) is 9.14. The number of thiazole rings is 1. The fourth-order valence-electron chi connectivity index (χ4n) is 1.34. The quantitative estimate of drug-likeness (QED) is 0.371. The van der Waals surface area contributed by atoms with Crippen molar-refractivity contribution in [2.75, 3.05) is 5.75 Å². The molecule has 2 heterocycles. The van der Waals surface area contributed by atoms with Crippen LogP contribution in [0.1, 0.15) is 12.1 Å². The van der Waals surface area contributed by atoms with Gasteiger partial charge in [-0.25, -0.2) is 4.98 Å².